The molecule has 4 heteroatoms. The van der Waals surface area contributed by atoms with Crippen LogP contribution in [0.15, 0.2) is 24.3 Å². The molecule has 1 atom stereocenters. The number of hydrogen-bond donors (Lipinski definition) is 0. The van der Waals surface area contributed by atoms with Crippen LogP contribution in [0.1, 0.15) is 38.3 Å². The summed E-state index contributed by atoms with van der Waals surface area (Å²) >= 11 is 0. The zero-order chi connectivity index (χ0) is 16.1. The molecule has 2 rings (SSSR count). The first-order valence-corrected chi connectivity index (χ1v) is 8.35. The van der Waals surface area contributed by atoms with Crippen molar-refractivity contribution in [2.45, 2.75) is 32.7 Å². The zero-order valence-electron chi connectivity index (χ0n) is 14.4. The standard InChI is InChI=1S/C18H29N3O/c1-5-20(6-2)14-18(22)21-12-8-11-17(21)15-9-7-10-16(13-15)19(3)4/h7,9-10,13,17H,5-6,8,11-12,14H2,1-4H3/t17-/m0/s1. The minimum Gasteiger partial charge on any atom is -0.378 e. The third-order valence-electron chi connectivity index (χ3n) is 4.60. The predicted octanol–water partition coefficient (Wildman–Crippen LogP) is 2.76. The van der Waals surface area contributed by atoms with Gasteiger partial charge < -0.3 is 9.80 Å². The normalized spacial score (nSPS) is 18.0. The summed E-state index contributed by atoms with van der Waals surface area (Å²) in [5.41, 5.74) is 2.46. The van der Waals surface area contributed by atoms with Crippen LogP contribution in [0.25, 0.3) is 0 Å². The van der Waals surface area contributed by atoms with Crippen molar-refractivity contribution in [3.8, 4) is 0 Å². The van der Waals surface area contributed by atoms with Gasteiger partial charge in [-0.3, -0.25) is 9.69 Å². The molecule has 0 aliphatic carbocycles. The smallest absolute Gasteiger partial charge is 0.237 e. The maximum Gasteiger partial charge on any atom is 0.237 e. The number of rotatable bonds is 6. The van der Waals surface area contributed by atoms with Crippen molar-refractivity contribution in [2.24, 2.45) is 0 Å². The van der Waals surface area contributed by atoms with Gasteiger partial charge in [0.2, 0.25) is 5.91 Å². The van der Waals surface area contributed by atoms with Crippen LogP contribution in [0.2, 0.25) is 0 Å². The Labute approximate surface area is 134 Å². The fourth-order valence-corrected chi connectivity index (χ4v) is 3.15. The highest BCUT2D eigenvalue weighted by atomic mass is 16.2. The van der Waals surface area contributed by atoms with Crippen molar-refractivity contribution in [3.63, 3.8) is 0 Å². The molecule has 1 fully saturated rings. The molecular weight excluding hydrogens is 274 g/mol. The largest absolute Gasteiger partial charge is 0.378 e. The summed E-state index contributed by atoms with van der Waals surface area (Å²) < 4.78 is 0. The Balaban J connectivity index is 2.13. The van der Waals surface area contributed by atoms with Crippen molar-refractivity contribution >= 4 is 11.6 Å². The number of benzene rings is 1. The second-order valence-electron chi connectivity index (χ2n) is 6.20. The molecule has 0 N–H and O–H groups in total. The lowest BCUT2D eigenvalue weighted by Crippen LogP contribution is -2.40. The Bertz CT molecular complexity index is 497. The molecule has 0 saturated carbocycles. The molecule has 1 saturated heterocycles. The van der Waals surface area contributed by atoms with Crippen LogP contribution < -0.4 is 4.90 Å². The summed E-state index contributed by atoms with van der Waals surface area (Å²) in [6.45, 7) is 7.50. The Morgan fingerprint density at radius 2 is 2.00 bits per heavy atom. The van der Waals surface area contributed by atoms with Crippen LogP contribution in [0.3, 0.4) is 0 Å². The quantitative estimate of drug-likeness (QED) is 0.808. The Morgan fingerprint density at radius 1 is 1.27 bits per heavy atom. The Hall–Kier alpha value is -1.55. The summed E-state index contributed by atoms with van der Waals surface area (Å²) in [4.78, 5) is 19.0. The molecule has 0 radical (unpaired) electrons. The highest BCUT2D eigenvalue weighted by molar-refractivity contribution is 5.79. The van der Waals surface area contributed by atoms with Gasteiger partial charge in [-0.1, -0.05) is 26.0 Å². The average Bonchev–Trinajstić information content (AvgIpc) is 3.02. The van der Waals surface area contributed by atoms with E-state index in [9.17, 15) is 4.79 Å². The van der Waals surface area contributed by atoms with Crippen molar-refractivity contribution in [1.82, 2.24) is 9.80 Å². The zero-order valence-corrected chi connectivity index (χ0v) is 14.4. The summed E-state index contributed by atoms with van der Waals surface area (Å²) in [5, 5.41) is 0. The lowest BCUT2D eigenvalue weighted by Gasteiger charge is -2.28. The topological polar surface area (TPSA) is 26.8 Å². The number of hydrogen-bond acceptors (Lipinski definition) is 3. The monoisotopic (exact) mass is 303 g/mol. The molecule has 0 aromatic heterocycles. The van der Waals surface area contributed by atoms with Gasteiger partial charge in [0.05, 0.1) is 12.6 Å². The molecule has 0 unspecified atom stereocenters. The number of nitrogens with zero attached hydrogens (tertiary/aromatic N) is 3. The Morgan fingerprint density at radius 3 is 2.64 bits per heavy atom. The van der Waals surface area contributed by atoms with Crippen molar-refractivity contribution < 1.29 is 4.79 Å². The lowest BCUT2D eigenvalue weighted by molar-refractivity contribution is -0.133. The molecule has 1 heterocycles. The van der Waals surface area contributed by atoms with E-state index in [1.54, 1.807) is 0 Å². The number of amides is 1. The van der Waals surface area contributed by atoms with Crippen LogP contribution >= 0.6 is 0 Å². The van der Waals surface area contributed by atoms with Crippen LogP contribution in [0, 0.1) is 0 Å². The van der Waals surface area contributed by atoms with E-state index in [1.807, 2.05) is 0 Å². The van der Waals surface area contributed by atoms with Crippen molar-refractivity contribution in [3.05, 3.63) is 29.8 Å². The summed E-state index contributed by atoms with van der Waals surface area (Å²) in [7, 11) is 4.11. The molecule has 1 aromatic carbocycles. The van der Waals surface area contributed by atoms with E-state index in [2.05, 4.69) is 66.9 Å². The molecule has 1 aromatic rings. The van der Waals surface area contributed by atoms with Gasteiger partial charge in [-0.25, -0.2) is 0 Å². The van der Waals surface area contributed by atoms with E-state index in [4.69, 9.17) is 0 Å². The maximum atomic E-state index is 12.6. The SMILES string of the molecule is CCN(CC)CC(=O)N1CCC[C@H]1c1cccc(N(C)C)c1. The third kappa shape index (κ3) is 3.80. The second-order valence-corrected chi connectivity index (χ2v) is 6.20. The van der Waals surface area contributed by atoms with E-state index in [0.29, 0.717) is 6.54 Å². The van der Waals surface area contributed by atoms with Gasteiger partial charge in [0, 0.05) is 26.3 Å². The van der Waals surface area contributed by atoms with Gasteiger partial charge in [-0.2, -0.15) is 0 Å². The average molecular weight is 303 g/mol. The first-order chi connectivity index (χ1) is 10.6. The van der Waals surface area contributed by atoms with Gasteiger partial charge in [0.1, 0.15) is 0 Å². The molecule has 4 nitrogen and oxygen atoms in total. The highest BCUT2D eigenvalue weighted by Gasteiger charge is 2.30. The van der Waals surface area contributed by atoms with Crippen LogP contribution in [-0.2, 0) is 4.79 Å². The van der Waals surface area contributed by atoms with Gasteiger partial charge in [-0.15, -0.1) is 0 Å². The van der Waals surface area contributed by atoms with Crippen molar-refractivity contribution in [2.75, 3.05) is 45.2 Å². The molecular formula is C18H29N3O. The van der Waals surface area contributed by atoms with Gasteiger partial charge in [0.15, 0.2) is 0 Å². The van der Waals surface area contributed by atoms with Crippen LogP contribution in [-0.4, -0.2) is 56.0 Å². The van der Waals surface area contributed by atoms with Crippen LogP contribution in [0.4, 0.5) is 5.69 Å². The molecule has 22 heavy (non-hydrogen) atoms. The van der Waals surface area contributed by atoms with Crippen molar-refractivity contribution in [1.29, 1.82) is 0 Å². The summed E-state index contributed by atoms with van der Waals surface area (Å²) in [5.74, 6) is 0.265. The van der Waals surface area contributed by atoms with E-state index in [-0.39, 0.29) is 11.9 Å². The molecule has 122 valence electrons. The van der Waals surface area contributed by atoms with Crippen LogP contribution in [0.5, 0.6) is 0 Å². The minimum absolute atomic E-state index is 0.239. The third-order valence-corrected chi connectivity index (χ3v) is 4.60. The second kappa shape index (κ2) is 7.63. The number of anilines is 1. The number of carbonyl (C=O) groups excluding carboxylic acids is 1. The fraction of sp³-hybridized carbons (Fsp3) is 0.611. The van der Waals surface area contributed by atoms with Gasteiger partial charge in [0.25, 0.3) is 0 Å². The maximum absolute atomic E-state index is 12.6. The van der Waals surface area contributed by atoms with E-state index < -0.39 is 0 Å². The Kier molecular flexibility index (Phi) is 5.83. The number of carbonyl (C=O) groups is 1. The number of likely N-dealkylation sites (N-methyl/N-ethyl adjacent to an activating group) is 1. The fourth-order valence-electron chi connectivity index (χ4n) is 3.15. The van der Waals surface area contributed by atoms with E-state index in [1.165, 1.54) is 11.3 Å². The number of likely N-dealkylation sites (tertiary alicyclic amines) is 1. The predicted molar refractivity (Wildman–Crippen MR) is 92.2 cm³/mol. The summed E-state index contributed by atoms with van der Waals surface area (Å²) in [6, 6.07) is 8.81. The summed E-state index contributed by atoms with van der Waals surface area (Å²) in [6.07, 6.45) is 2.17. The molecule has 0 spiro atoms. The van der Waals surface area contributed by atoms with E-state index in [0.717, 1.165) is 32.5 Å². The first-order valence-electron chi connectivity index (χ1n) is 8.35. The molecule has 0 bridgehead atoms. The highest BCUT2D eigenvalue weighted by Crippen LogP contribution is 2.33. The molecule has 1 aliphatic heterocycles. The minimum atomic E-state index is 0.239. The molecule has 1 aliphatic rings. The van der Waals surface area contributed by atoms with E-state index >= 15 is 0 Å². The lowest BCUT2D eigenvalue weighted by atomic mass is 10.0. The van der Waals surface area contributed by atoms with Gasteiger partial charge in [-0.05, 0) is 43.6 Å². The molecule has 1 amide bonds. The first kappa shape index (κ1) is 16.8. The van der Waals surface area contributed by atoms with Gasteiger partial charge >= 0.3 is 0 Å².